The fourth-order valence-electron chi connectivity index (χ4n) is 3.04. The number of methoxy groups -OCH3 is 2. The number of nitrogens with zero attached hydrogens (tertiary/aromatic N) is 2. The van der Waals surface area contributed by atoms with Crippen molar-refractivity contribution in [3.05, 3.63) is 53.1 Å². The molecule has 0 heterocycles. The van der Waals surface area contributed by atoms with E-state index in [4.69, 9.17) is 9.47 Å². The van der Waals surface area contributed by atoms with Gasteiger partial charge in [-0.3, -0.25) is 4.79 Å². The zero-order chi connectivity index (χ0) is 23.2. The van der Waals surface area contributed by atoms with Crippen molar-refractivity contribution in [1.82, 2.24) is 9.62 Å². The number of anilines is 1. The van der Waals surface area contributed by atoms with Crippen molar-refractivity contribution < 1.29 is 22.7 Å². The van der Waals surface area contributed by atoms with Gasteiger partial charge in [-0.1, -0.05) is 18.2 Å². The Balaban J connectivity index is 2.12. The minimum absolute atomic E-state index is 0.309. The summed E-state index contributed by atoms with van der Waals surface area (Å²) in [4.78, 5) is 12.6. The number of ether oxygens (including phenoxy) is 2. The molecule has 0 aromatic heterocycles. The van der Waals surface area contributed by atoms with Crippen LogP contribution in [-0.4, -0.2) is 60.0 Å². The van der Waals surface area contributed by atoms with E-state index in [2.05, 4.69) is 5.32 Å². The van der Waals surface area contributed by atoms with Crippen LogP contribution in [0, 0.1) is 13.8 Å². The molecule has 0 aliphatic rings. The zero-order valence-corrected chi connectivity index (χ0v) is 19.7. The summed E-state index contributed by atoms with van der Waals surface area (Å²) in [5.74, 6) is 0.865. The fraction of sp³-hybridized carbons (Fsp3) is 0.409. The van der Waals surface area contributed by atoms with Crippen molar-refractivity contribution in [3.8, 4) is 11.5 Å². The molecule has 0 saturated heterocycles. The summed E-state index contributed by atoms with van der Waals surface area (Å²) in [5, 5.41) is 2.81. The fourth-order valence-corrected chi connectivity index (χ4v) is 4.16. The molecule has 0 fully saturated rings. The van der Waals surface area contributed by atoms with Crippen molar-refractivity contribution in [1.29, 1.82) is 0 Å². The lowest BCUT2D eigenvalue weighted by atomic mass is 10.1. The predicted octanol–water partition coefficient (Wildman–Crippen LogP) is 2.29. The lowest BCUT2D eigenvalue weighted by Crippen LogP contribution is -2.46. The van der Waals surface area contributed by atoms with E-state index in [0.29, 0.717) is 30.2 Å². The highest BCUT2D eigenvalue weighted by atomic mass is 32.2. The van der Waals surface area contributed by atoms with Gasteiger partial charge in [0.05, 0.1) is 19.9 Å². The Morgan fingerprint density at radius 1 is 1.00 bits per heavy atom. The Hall–Kier alpha value is -2.78. The lowest BCUT2D eigenvalue weighted by molar-refractivity contribution is -0.119. The van der Waals surface area contributed by atoms with Gasteiger partial charge in [0.1, 0.15) is 6.54 Å². The van der Waals surface area contributed by atoms with E-state index < -0.39 is 10.2 Å². The van der Waals surface area contributed by atoms with Crippen molar-refractivity contribution in [2.45, 2.75) is 20.3 Å². The molecule has 0 atom stereocenters. The highest BCUT2D eigenvalue weighted by molar-refractivity contribution is 7.90. The molecule has 0 aliphatic heterocycles. The first-order valence-corrected chi connectivity index (χ1v) is 11.2. The number of aryl methyl sites for hydroxylation is 2. The zero-order valence-electron chi connectivity index (χ0n) is 18.9. The first kappa shape index (κ1) is 24.5. The molecule has 8 nitrogen and oxygen atoms in total. The van der Waals surface area contributed by atoms with Gasteiger partial charge in [0, 0.05) is 20.6 Å². The average molecular weight is 450 g/mol. The largest absolute Gasteiger partial charge is 0.493 e. The first-order chi connectivity index (χ1) is 14.6. The van der Waals surface area contributed by atoms with Gasteiger partial charge < -0.3 is 14.8 Å². The molecule has 0 radical (unpaired) electrons. The van der Waals surface area contributed by atoms with Crippen LogP contribution in [0.5, 0.6) is 11.5 Å². The molecule has 2 rings (SSSR count). The minimum atomic E-state index is -3.84. The Morgan fingerprint density at radius 3 is 2.29 bits per heavy atom. The maximum atomic E-state index is 12.9. The van der Waals surface area contributed by atoms with E-state index in [1.807, 2.05) is 44.2 Å². The summed E-state index contributed by atoms with van der Waals surface area (Å²) in [6.07, 6.45) is 0.565. The smallest absolute Gasteiger partial charge is 0.304 e. The highest BCUT2D eigenvalue weighted by Crippen LogP contribution is 2.28. The molecule has 9 heteroatoms. The molecule has 2 aromatic rings. The standard InChI is InChI=1S/C22H31N3O5S/c1-16-7-8-17(2)19(13-16)25(31(27,28)24(3)4)15-22(26)23-12-11-18-9-10-20(29-5)21(14-18)30-6/h7-10,13-14H,11-12,15H2,1-6H3,(H,23,26). The predicted molar refractivity (Wildman–Crippen MR) is 122 cm³/mol. The van der Waals surface area contributed by atoms with Gasteiger partial charge in [0.15, 0.2) is 11.5 Å². The van der Waals surface area contributed by atoms with Crippen LogP contribution in [0.25, 0.3) is 0 Å². The van der Waals surface area contributed by atoms with Gasteiger partial charge in [0.2, 0.25) is 5.91 Å². The molecule has 0 aliphatic carbocycles. The van der Waals surface area contributed by atoms with Gasteiger partial charge in [-0.2, -0.15) is 12.7 Å². The number of rotatable bonds is 10. The van der Waals surface area contributed by atoms with Crippen LogP contribution in [0.2, 0.25) is 0 Å². The van der Waals surface area contributed by atoms with Crippen molar-refractivity contribution in [2.75, 3.05) is 45.7 Å². The van der Waals surface area contributed by atoms with E-state index in [-0.39, 0.29) is 12.5 Å². The number of nitrogens with one attached hydrogen (secondary N) is 1. The van der Waals surface area contributed by atoms with Crippen LogP contribution in [0.15, 0.2) is 36.4 Å². The molecule has 2 aromatic carbocycles. The maximum Gasteiger partial charge on any atom is 0.304 e. The van der Waals surface area contributed by atoms with E-state index >= 15 is 0 Å². The number of hydrogen-bond donors (Lipinski definition) is 1. The van der Waals surface area contributed by atoms with Crippen molar-refractivity contribution in [3.63, 3.8) is 0 Å². The third kappa shape index (κ3) is 6.11. The summed E-state index contributed by atoms with van der Waals surface area (Å²) >= 11 is 0. The summed E-state index contributed by atoms with van der Waals surface area (Å²) in [6.45, 7) is 3.75. The molecular weight excluding hydrogens is 418 g/mol. The number of carbonyl (C=O) groups excluding carboxylic acids is 1. The van der Waals surface area contributed by atoms with Crippen LogP contribution in [0.3, 0.4) is 0 Å². The SMILES string of the molecule is COc1ccc(CCNC(=O)CN(c2cc(C)ccc2C)S(=O)(=O)N(C)C)cc1OC. The molecule has 0 saturated carbocycles. The quantitative estimate of drug-likeness (QED) is 0.601. The molecule has 1 N–H and O–H groups in total. The van der Waals surface area contributed by atoms with E-state index in [1.54, 1.807) is 20.3 Å². The molecule has 31 heavy (non-hydrogen) atoms. The second-order valence-electron chi connectivity index (χ2n) is 7.38. The Morgan fingerprint density at radius 2 is 1.68 bits per heavy atom. The van der Waals surface area contributed by atoms with E-state index in [9.17, 15) is 13.2 Å². The number of amides is 1. The average Bonchev–Trinajstić information content (AvgIpc) is 2.73. The third-order valence-electron chi connectivity index (χ3n) is 4.84. The third-order valence-corrected chi connectivity index (χ3v) is 6.65. The van der Waals surface area contributed by atoms with Gasteiger partial charge in [-0.05, 0) is 55.2 Å². The van der Waals surface area contributed by atoms with Crippen molar-refractivity contribution >= 4 is 21.8 Å². The second kappa shape index (κ2) is 10.5. The topological polar surface area (TPSA) is 88.2 Å². The molecule has 1 amide bonds. The summed E-state index contributed by atoms with van der Waals surface area (Å²) in [5.41, 5.74) is 3.14. The van der Waals surface area contributed by atoms with Crippen LogP contribution >= 0.6 is 0 Å². The summed E-state index contributed by atoms with van der Waals surface area (Å²) < 4.78 is 38.6. The van der Waals surface area contributed by atoms with Gasteiger partial charge in [-0.25, -0.2) is 4.31 Å². The number of carbonyl (C=O) groups is 1. The summed E-state index contributed by atoms with van der Waals surface area (Å²) in [7, 11) is 2.19. The number of hydrogen-bond acceptors (Lipinski definition) is 5. The normalized spacial score (nSPS) is 11.3. The van der Waals surface area contributed by atoms with Gasteiger partial charge >= 0.3 is 10.2 Å². The van der Waals surface area contributed by atoms with Gasteiger partial charge in [-0.15, -0.1) is 0 Å². The Kier molecular flexibility index (Phi) is 8.29. The number of benzene rings is 2. The minimum Gasteiger partial charge on any atom is -0.493 e. The Labute approximate surface area is 184 Å². The monoisotopic (exact) mass is 449 g/mol. The van der Waals surface area contributed by atoms with Crippen LogP contribution < -0.4 is 19.1 Å². The molecule has 0 bridgehead atoms. The second-order valence-corrected chi connectivity index (χ2v) is 9.44. The molecule has 170 valence electrons. The molecule has 0 unspecified atom stereocenters. The first-order valence-electron chi connectivity index (χ1n) is 9.85. The highest BCUT2D eigenvalue weighted by Gasteiger charge is 2.28. The van der Waals surface area contributed by atoms with Crippen LogP contribution in [0.1, 0.15) is 16.7 Å². The summed E-state index contributed by atoms with van der Waals surface area (Å²) in [6, 6.07) is 11.1. The van der Waals surface area contributed by atoms with Crippen LogP contribution in [0.4, 0.5) is 5.69 Å². The van der Waals surface area contributed by atoms with Crippen molar-refractivity contribution in [2.24, 2.45) is 0 Å². The van der Waals surface area contributed by atoms with E-state index in [0.717, 1.165) is 25.3 Å². The molecular formula is C22H31N3O5S. The maximum absolute atomic E-state index is 12.9. The van der Waals surface area contributed by atoms with Gasteiger partial charge in [0.25, 0.3) is 0 Å². The molecule has 0 spiro atoms. The Bertz CT molecular complexity index is 1020. The lowest BCUT2D eigenvalue weighted by Gasteiger charge is -2.28. The van der Waals surface area contributed by atoms with Crippen LogP contribution in [-0.2, 0) is 21.4 Å². The van der Waals surface area contributed by atoms with E-state index in [1.165, 1.54) is 14.1 Å².